The van der Waals surface area contributed by atoms with Crippen molar-refractivity contribution in [2.75, 3.05) is 32.8 Å². The molecule has 2 aromatic carbocycles. The second-order valence-electron chi connectivity index (χ2n) is 7.94. The molecule has 1 N–H and O–H groups in total. The first-order valence-corrected chi connectivity index (χ1v) is 11.4. The molecule has 1 aliphatic rings. The van der Waals surface area contributed by atoms with Crippen molar-refractivity contribution in [1.29, 1.82) is 0 Å². The summed E-state index contributed by atoms with van der Waals surface area (Å²) in [6.07, 6.45) is 0.880. The van der Waals surface area contributed by atoms with Gasteiger partial charge in [0.05, 0.1) is 18.2 Å². The van der Waals surface area contributed by atoms with Crippen LogP contribution in [0.15, 0.2) is 54.1 Å². The molecule has 1 fully saturated rings. The fraction of sp³-hybridized carbons (Fsp3) is 0.385. The van der Waals surface area contributed by atoms with E-state index in [0.29, 0.717) is 31.0 Å². The molecule has 7 heteroatoms. The molecule has 2 aromatic rings. The SMILES string of the molecule is CCCOc1ccc(C2/C(=C(/O)c3ccc(F)cc3)C(=O)C(=O)N2CCN(CC)CC)cc1. The molecule has 1 unspecified atom stereocenters. The molecule has 1 saturated heterocycles. The summed E-state index contributed by atoms with van der Waals surface area (Å²) in [6.45, 7) is 9.28. The molecule has 1 atom stereocenters. The third-order valence-electron chi connectivity index (χ3n) is 5.88. The number of hydrogen-bond donors (Lipinski definition) is 1. The van der Waals surface area contributed by atoms with E-state index in [2.05, 4.69) is 4.90 Å². The number of Topliss-reactive ketones (excluding diaryl/α,β-unsaturated/α-hetero) is 1. The van der Waals surface area contributed by atoms with E-state index in [1.807, 2.05) is 32.9 Å². The lowest BCUT2D eigenvalue weighted by atomic mass is 9.95. The monoisotopic (exact) mass is 454 g/mol. The summed E-state index contributed by atoms with van der Waals surface area (Å²) in [6, 6.07) is 11.7. The first kappa shape index (κ1) is 24.5. The number of ether oxygens (including phenoxy) is 1. The highest BCUT2D eigenvalue weighted by Crippen LogP contribution is 2.39. The fourth-order valence-corrected chi connectivity index (χ4v) is 3.98. The Morgan fingerprint density at radius 2 is 1.67 bits per heavy atom. The van der Waals surface area contributed by atoms with E-state index < -0.39 is 23.5 Å². The van der Waals surface area contributed by atoms with Gasteiger partial charge in [-0.1, -0.05) is 32.9 Å². The summed E-state index contributed by atoms with van der Waals surface area (Å²) in [7, 11) is 0. The zero-order valence-corrected chi connectivity index (χ0v) is 19.4. The van der Waals surface area contributed by atoms with E-state index in [4.69, 9.17) is 4.74 Å². The highest BCUT2D eigenvalue weighted by atomic mass is 19.1. The first-order valence-electron chi connectivity index (χ1n) is 11.4. The molecule has 1 heterocycles. The number of carbonyl (C=O) groups excluding carboxylic acids is 2. The lowest BCUT2D eigenvalue weighted by molar-refractivity contribution is -0.140. The molecule has 0 aliphatic carbocycles. The predicted molar refractivity (Wildman–Crippen MR) is 125 cm³/mol. The number of rotatable bonds is 10. The number of aliphatic hydroxyl groups is 1. The molecule has 6 nitrogen and oxygen atoms in total. The summed E-state index contributed by atoms with van der Waals surface area (Å²) < 4.78 is 19.0. The van der Waals surface area contributed by atoms with Crippen molar-refractivity contribution in [2.24, 2.45) is 0 Å². The Hall–Kier alpha value is -3.19. The van der Waals surface area contributed by atoms with Crippen LogP contribution >= 0.6 is 0 Å². The van der Waals surface area contributed by atoms with Crippen LogP contribution < -0.4 is 4.74 Å². The van der Waals surface area contributed by atoms with Crippen molar-refractivity contribution in [1.82, 2.24) is 9.80 Å². The smallest absolute Gasteiger partial charge is 0.295 e. The minimum atomic E-state index is -0.745. The van der Waals surface area contributed by atoms with Gasteiger partial charge in [0.25, 0.3) is 11.7 Å². The van der Waals surface area contributed by atoms with E-state index in [0.717, 1.165) is 19.5 Å². The van der Waals surface area contributed by atoms with Crippen molar-refractivity contribution in [3.63, 3.8) is 0 Å². The zero-order chi connectivity index (χ0) is 24.0. The maximum atomic E-state index is 13.4. The minimum absolute atomic E-state index is 0.00776. The number of nitrogens with zero attached hydrogens (tertiary/aromatic N) is 2. The van der Waals surface area contributed by atoms with Crippen LogP contribution in [0.3, 0.4) is 0 Å². The highest BCUT2D eigenvalue weighted by molar-refractivity contribution is 6.46. The average Bonchev–Trinajstić information content (AvgIpc) is 3.08. The molecule has 1 amide bonds. The van der Waals surface area contributed by atoms with Gasteiger partial charge in [0.2, 0.25) is 0 Å². The van der Waals surface area contributed by atoms with Crippen molar-refractivity contribution < 1.29 is 23.8 Å². The number of hydrogen-bond acceptors (Lipinski definition) is 5. The van der Waals surface area contributed by atoms with Gasteiger partial charge in [-0.3, -0.25) is 9.59 Å². The molecule has 1 aliphatic heterocycles. The van der Waals surface area contributed by atoms with Gasteiger partial charge < -0.3 is 19.6 Å². The molecule has 0 saturated carbocycles. The standard InChI is InChI=1S/C26H31FN2O4/c1-4-17-33-21-13-9-18(10-14-21)23-22(24(30)19-7-11-20(27)12-8-19)25(31)26(32)29(23)16-15-28(5-2)6-3/h7-14,23,30H,4-6,15-17H2,1-3H3/b24-22-. The van der Waals surface area contributed by atoms with Crippen molar-refractivity contribution in [3.8, 4) is 5.75 Å². The number of benzene rings is 2. The maximum absolute atomic E-state index is 13.4. The third kappa shape index (κ3) is 5.42. The van der Waals surface area contributed by atoms with E-state index >= 15 is 0 Å². The Balaban J connectivity index is 2.04. The van der Waals surface area contributed by atoms with Gasteiger partial charge in [-0.15, -0.1) is 0 Å². The van der Waals surface area contributed by atoms with Gasteiger partial charge in [0.1, 0.15) is 17.3 Å². The number of ketones is 1. The number of amides is 1. The molecule has 0 spiro atoms. The Bertz CT molecular complexity index is 998. The molecule has 0 bridgehead atoms. The van der Waals surface area contributed by atoms with Crippen LogP contribution in [0.25, 0.3) is 5.76 Å². The van der Waals surface area contributed by atoms with Crippen LogP contribution in [0, 0.1) is 5.82 Å². The van der Waals surface area contributed by atoms with Gasteiger partial charge in [0.15, 0.2) is 0 Å². The number of halogens is 1. The van der Waals surface area contributed by atoms with Crippen LogP contribution in [0.2, 0.25) is 0 Å². The molecule has 0 radical (unpaired) electrons. The Labute approximate surface area is 194 Å². The largest absolute Gasteiger partial charge is 0.507 e. The van der Waals surface area contributed by atoms with Gasteiger partial charge in [-0.05, 0) is 61.5 Å². The second kappa shape index (κ2) is 11.1. The molecule has 0 aromatic heterocycles. The maximum Gasteiger partial charge on any atom is 0.295 e. The number of likely N-dealkylation sites (tertiary alicyclic amines) is 1. The molecular weight excluding hydrogens is 423 g/mol. The van der Waals surface area contributed by atoms with Crippen molar-refractivity contribution in [3.05, 3.63) is 71.0 Å². The summed E-state index contributed by atoms with van der Waals surface area (Å²) in [5.41, 5.74) is 0.987. The first-order chi connectivity index (χ1) is 15.9. The Morgan fingerprint density at radius 1 is 1.03 bits per heavy atom. The van der Waals surface area contributed by atoms with E-state index in [1.54, 1.807) is 12.1 Å². The van der Waals surface area contributed by atoms with Crippen molar-refractivity contribution in [2.45, 2.75) is 33.2 Å². The lowest BCUT2D eigenvalue weighted by Crippen LogP contribution is -2.38. The minimum Gasteiger partial charge on any atom is -0.507 e. The number of likely N-dealkylation sites (N-methyl/N-ethyl adjacent to an activating group) is 1. The quantitative estimate of drug-likeness (QED) is 0.328. The summed E-state index contributed by atoms with van der Waals surface area (Å²) in [4.78, 5) is 29.7. The van der Waals surface area contributed by atoms with Gasteiger partial charge in [-0.25, -0.2) is 4.39 Å². The topological polar surface area (TPSA) is 70.1 Å². The van der Waals surface area contributed by atoms with Gasteiger partial charge in [-0.2, -0.15) is 0 Å². The summed E-state index contributed by atoms with van der Waals surface area (Å²) in [5.74, 6) is -1.46. The van der Waals surface area contributed by atoms with Gasteiger partial charge in [0, 0.05) is 18.7 Å². The number of carbonyl (C=O) groups is 2. The lowest BCUT2D eigenvalue weighted by Gasteiger charge is -2.28. The molecule has 3 rings (SSSR count). The van der Waals surface area contributed by atoms with Crippen LogP contribution in [-0.4, -0.2) is 59.4 Å². The second-order valence-corrected chi connectivity index (χ2v) is 7.94. The van der Waals surface area contributed by atoms with E-state index in [-0.39, 0.29) is 16.9 Å². The molecule has 33 heavy (non-hydrogen) atoms. The predicted octanol–water partition coefficient (Wildman–Crippen LogP) is 4.38. The van der Waals surface area contributed by atoms with Crippen molar-refractivity contribution >= 4 is 17.4 Å². The van der Waals surface area contributed by atoms with Gasteiger partial charge >= 0.3 is 0 Å². The van der Waals surface area contributed by atoms with Crippen LogP contribution in [0.5, 0.6) is 5.75 Å². The van der Waals surface area contributed by atoms with E-state index in [1.165, 1.54) is 29.2 Å². The van der Waals surface area contributed by atoms with E-state index in [9.17, 15) is 19.1 Å². The normalized spacial score (nSPS) is 17.7. The van der Waals surface area contributed by atoms with Crippen LogP contribution in [0.4, 0.5) is 4.39 Å². The Morgan fingerprint density at radius 3 is 2.24 bits per heavy atom. The fourth-order valence-electron chi connectivity index (χ4n) is 3.98. The number of aliphatic hydroxyl groups excluding tert-OH is 1. The summed E-state index contributed by atoms with van der Waals surface area (Å²) in [5, 5.41) is 11.0. The highest BCUT2D eigenvalue weighted by Gasteiger charge is 2.45. The Kier molecular flexibility index (Phi) is 8.22. The third-order valence-corrected chi connectivity index (χ3v) is 5.88. The summed E-state index contributed by atoms with van der Waals surface area (Å²) >= 11 is 0. The molecule has 176 valence electrons. The average molecular weight is 455 g/mol. The zero-order valence-electron chi connectivity index (χ0n) is 19.4. The van der Waals surface area contributed by atoms with Crippen LogP contribution in [0.1, 0.15) is 44.4 Å². The molecular formula is C26H31FN2O4. The van der Waals surface area contributed by atoms with Crippen LogP contribution in [-0.2, 0) is 9.59 Å².